The van der Waals surface area contributed by atoms with Crippen LogP contribution in [0.1, 0.15) is 51.5 Å². The predicted octanol–water partition coefficient (Wildman–Crippen LogP) is 5.87. The Bertz CT molecular complexity index is 1070. The van der Waals surface area contributed by atoms with Crippen LogP contribution in [0.4, 0.5) is 0 Å². The van der Waals surface area contributed by atoms with E-state index in [0.29, 0.717) is 18.2 Å². The Labute approximate surface area is 204 Å². The molecule has 2 fully saturated rings. The number of hydrogen-bond acceptors (Lipinski definition) is 4. The molecule has 5 nitrogen and oxygen atoms in total. The molecule has 5 heteroatoms. The second kappa shape index (κ2) is 10.5. The fourth-order valence-corrected chi connectivity index (χ4v) is 5.29. The molecule has 2 N–H and O–H groups in total. The van der Waals surface area contributed by atoms with Gasteiger partial charge in [-0.2, -0.15) is 5.10 Å². The van der Waals surface area contributed by atoms with Crippen LogP contribution >= 0.6 is 0 Å². The summed E-state index contributed by atoms with van der Waals surface area (Å²) in [5.41, 5.74) is 12.7. The molecule has 180 valence electrons. The molecule has 1 aromatic rings. The van der Waals surface area contributed by atoms with Crippen molar-refractivity contribution in [3.63, 3.8) is 0 Å². The second-order valence-corrected chi connectivity index (χ2v) is 9.96. The fraction of sp³-hybridized carbons (Fsp3) is 0.448. The Balaban J connectivity index is 1.30. The quantitative estimate of drug-likeness (QED) is 0.423. The van der Waals surface area contributed by atoms with Gasteiger partial charge in [0.05, 0.1) is 12.7 Å². The summed E-state index contributed by atoms with van der Waals surface area (Å²) in [6.45, 7) is 19.5. The first kappa shape index (κ1) is 24.1. The Hall–Kier alpha value is -3.08. The van der Waals surface area contributed by atoms with Crippen LogP contribution in [-0.4, -0.2) is 34.0 Å². The molecule has 0 amide bonds. The van der Waals surface area contributed by atoms with Crippen LogP contribution in [0.3, 0.4) is 0 Å². The zero-order chi connectivity index (χ0) is 24.2. The lowest BCUT2D eigenvalue weighted by Gasteiger charge is -2.19. The van der Waals surface area contributed by atoms with Gasteiger partial charge in [-0.05, 0) is 86.0 Å². The molecule has 1 saturated carbocycles. The molecule has 3 atom stereocenters. The molecule has 2 heterocycles. The number of aliphatic imine (C=N–C) groups is 1. The van der Waals surface area contributed by atoms with Crippen molar-refractivity contribution in [1.82, 2.24) is 14.7 Å². The van der Waals surface area contributed by atoms with Gasteiger partial charge in [0, 0.05) is 36.8 Å². The van der Waals surface area contributed by atoms with Gasteiger partial charge in [-0.3, -0.25) is 4.68 Å². The first-order chi connectivity index (χ1) is 16.4. The topological polar surface area (TPSA) is 59.4 Å². The molecule has 4 rings (SSSR count). The summed E-state index contributed by atoms with van der Waals surface area (Å²) in [6.07, 6.45) is 17.9. The van der Waals surface area contributed by atoms with Gasteiger partial charge in [0.2, 0.25) is 0 Å². The zero-order valence-electron chi connectivity index (χ0n) is 20.8. The van der Waals surface area contributed by atoms with Crippen molar-refractivity contribution < 1.29 is 0 Å². The van der Waals surface area contributed by atoms with Gasteiger partial charge in [0.15, 0.2) is 0 Å². The Morgan fingerprint density at radius 1 is 1.24 bits per heavy atom. The van der Waals surface area contributed by atoms with Gasteiger partial charge >= 0.3 is 0 Å². The largest absolute Gasteiger partial charge is 0.399 e. The number of nitrogens with two attached hydrogens (primary N) is 1. The summed E-state index contributed by atoms with van der Waals surface area (Å²) in [4.78, 5) is 6.95. The highest BCUT2D eigenvalue weighted by molar-refractivity contribution is 5.79. The van der Waals surface area contributed by atoms with Crippen LogP contribution in [0.15, 0.2) is 83.6 Å². The van der Waals surface area contributed by atoms with E-state index in [9.17, 15) is 0 Å². The lowest BCUT2D eigenvalue weighted by molar-refractivity contribution is 0.380. The third-order valence-electron chi connectivity index (χ3n) is 7.54. The van der Waals surface area contributed by atoms with E-state index in [1.165, 1.54) is 17.6 Å². The van der Waals surface area contributed by atoms with Crippen LogP contribution in [0.5, 0.6) is 0 Å². The maximum Gasteiger partial charge on any atom is 0.121 e. The normalized spacial score (nSPS) is 24.5. The third-order valence-corrected chi connectivity index (χ3v) is 7.54. The molecule has 0 spiro atoms. The average molecular weight is 458 g/mol. The van der Waals surface area contributed by atoms with E-state index in [2.05, 4.69) is 66.1 Å². The van der Waals surface area contributed by atoms with Crippen LogP contribution < -0.4 is 5.73 Å². The van der Waals surface area contributed by atoms with E-state index in [4.69, 9.17) is 5.73 Å². The summed E-state index contributed by atoms with van der Waals surface area (Å²) in [6, 6.07) is 0. The molecule has 34 heavy (non-hydrogen) atoms. The van der Waals surface area contributed by atoms with E-state index < -0.39 is 0 Å². The van der Waals surface area contributed by atoms with Gasteiger partial charge < -0.3 is 10.6 Å². The minimum atomic E-state index is 0.513. The molecular weight excluding hydrogens is 418 g/mol. The average Bonchev–Trinajstić information content (AvgIpc) is 3.20. The Morgan fingerprint density at radius 3 is 2.68 bits per heavy atom. The first-order valence-corrected chi connectivity index (χ1v) is 12.5. The third kappa shape index (κ3) is 5.52. The smallest absolute Gasteiger partial charge is 0.121 e. The van der Waals surface area contributed by atoms with E-state index >= 15 is 0 Å². The van der Waals surface area contributed by atoms with Crippen molar-refractivity contribution >= 4 is 11.8 Å². The summed E-state index contributed by atoms with van der Waals surface area (Å²) < 4.78 is 1.97. The summed E-state index contributed by atoms with van der Waals surface area (Å²) in [5, 5.41) is 4.58. The number of hydrogen-bond donors (Lipinski definition) is 1. The molecule has 1 aliphatic heterocycles. The van der Waals surface area contributed by atoms with Crippen molar-refractivity contribution in [2.24, 2.45) is 28.5 Å². The summed E-state index contributed by atoms with van der Waals surface area (Å²) in [7, 11) is 0. The maximum atomic E-state index is 6.02. The van der Waals surface area contributed by atoms with E-state index in [0.717, 1.165) is 73.1 Å². The number of nitrogens with zero attached hydrogens (tertiary/aromatic N) is 4. The molecule has 0 bridgehead atoms. The minimum Gasteiger partial charge on any atom is -0.399 e. The standard InChI is InChI=1S/C29H39N5/c1-6-8-29-24(11-12-28(29)21(4)30)10-9-20(3)27-15-32-34(19-27)16-23(7-2)14-31-22(5)33-17-25-13-26(25)18-33/h6-8,14-15,19,24-26H,3-5,9-13,16-18,30H2,1-2H3/b8-6-,23-7+,31-14-. The van der Waals surface area contributed by atoms with Gasteiger partial charge in [0.1, 0.15) is 5.82 Å². The van der Waals surface area contributed by atoms with Gasteiger partial charge in [-0.25, -0.2) is 4.99 Å². The fourth-order valence-electron chi connectivity index (χ4n) is 5.29. The van der Waals surface area contributed by atoms with Crippen molar-refractivity contribution in [3.8, 4) is 0 Å². The van der Waals surface area contributed by atoms with Crippen LogP contribution in [-0.2, 0) is 6.54 Å². The van der Waals surface area contributed by atoms with Crippen molar-refractivity contribution in [2.45, 2.75) is 52.5 Å². The second-order valence-electron chi connectivity index (χ2n) is 9.96. The zero-order valence-corrected chi connectivity index (χ0v) is 20.8. The highest BCUT2D eigenvalue weighted by atomic mass is 15.3. The maximum absolute atomic E-state index is 6.02. The molecule has 1 saturated heterocycles. The SMILES string of the molecule is C=C(N)C1=C(/C=C\C)C(CCC(=C)c2cnn(CC(/C=N\C(=C)N3CC4CC4C3)=C/C)c2)CC1. The van der Waals surface area contributed by atoms with E-state index in [1.807, 2.05) is 24.0 Å². The van der Waals surface area contributed by atoms with Crippen LogP contribution in [0, 0.1) is 17.8 Å². The molecule has 0 radical (unpaired) electrons. The predicted molar refractivity (Wildman–Crippen MR) is 143 cm³/mol. The molecule has 3 aliphatic rings. The Morgan fingerprint density at radius 2 is 2.00 bits per heavy atom. The van der Waals surface area contributed by atoms with E-state index in [1.54, 1.807) is 0 Å². The number of aromatic nitrogens is 2. The monoisotopic (exact) mass is 457 g/mol. The number of rotatable bonds is 11. The lowest BCUT2D eigenvalue weighted by Crippen LogP contribution is -2.20. The van der Waals surface area contributed by atoms with Crippen LogP contribution in [0.2, 0.25) is 0 Å². The molecule has 0 aromatic carbocycles. The first-order valence-electron chi connectivity index (χ1n) is 12.5. The number of fused-ring (bicyclic) bond motifs is 1. The van der Waals surface area contributed by atoms with Crippen LogP contribution in [0.25, 0.3) is 5.57 Å². The minimum absolute atomic E-state index is 0.513. The number of allylic oxidation sites excluding steroid dienone is 7. The molecular formula is C29H39N5. The lowest BCUT2D eigenvalue weighted by atomic mass is 9.91. The Kier molecular flexibility index (Phi) is 7.40. The van der Waals surface area contributed by atoms with Crippen molar-refractivity contribution in [1.29, 1.82) is 0 Å². The van der Waals surface area contributed by atoms with E-state index in [-0.39, 0.29) is 0 Å². The molecule has 2 aliphatic carbocycles. The highest BCUT2D eigenvalue weighted by Gasteiger charge is 2.45. The van der Waals surface area contributed by atoms with Gasteiger partial charge in [-0.15, -0.1) is 0 Å². The van der Waals surface area contributed by atoms with Gasteiger partial charge in [0.25, 0.3) is 0 Å². The summed E-state index contributed by atoms with van der Waals surface area (Å²) >= 11 is 0. The number of piperidine rings is 1. The van der Waals surface area contributed by atoms with Crippen molar-refractivity contribution in [2.75, 3.05) is 13.1 Å². The van der Waals surface area contributed by atoms with Gasteiger partial charge in [-0.1, -0.05) is 38.0 Å². The molecule has 1 aromatic heterocycles. The number of likely N-dealkylation sites (tertiary alicyclic amines) is 1. The summed E-state index contributed by atoms with van der Waals surface area (Å²) in [5.74, 6) is 3.15. The molecule has 3 unspecified atom stereocenters. The van der Waals surface area contributed by atoms with Crippen molar-refractivity contribution in [3.05, 3.63) is 84.2 Å². The highest BCUT2D eigenvalue weighted by Crippen LogP contribution is 2.46.